The minimum atomic E-state index is -0.586. The summed E-state index contributed by atoms with van der Waals surface area (Å²) in [7, 11) is 0. The lowest BCUT2D eigenvalue weighted by Gasteiger charge is -2.08. The molecule has 0 aromatic heterocycles. The van der Waals surface area contributed by atoms with Crippen molar-refractivity contribution in [3.05, 3.63) is 65.0 Å². The average Bonchev–Trinajstić information content (AvgIpc) is 2.39. The van der Waals surface area contributed by atoms with E-state index in [0.29, 0.717) is 11.3 Å². The number of amides is 1. The van der Waals surface area contributed by atoms with Crippen molar-refractivity contribution in [3.63, 3.8) is 0 Å². The van der Waals surface area contributed by atoms with Crippen LogP contribution in [0.3, 0.4) is 0 Å². The molecule has 0 heterocycles. The minimum Gasteiger partial charge on any atom is -0.489 e. The highest BCUT2D eigenvalue weighted by molar-refractivity contribution is 5.92. The Labute approximate surface area is 110 Å². The van der Waals surface area contributed by atoms with E-state index >= 15 is 0 Å². The van der Waals surface area contributed by atoms with E-state index in [0.717, 1.165) is 5.56 Å². The summed E-state index contributed by atoms with van der Waals surface area (Å²) in [5.74, 6) is -0.358. The Bertz CT molecular complexity index is 594. The molecular formula is C15H14FNO2. The molecule has 2 N–H and O–H groups in total. The zero-order chi connectivity index (χ0) is 13.8. The monoisotopic (exact) mass is 259 g/mol. The zero-order valence-corrected chi connectivity index (χ0v) is 10.5. The van der Waals surface area contributed by atoms with Gasteiger partial charge in [0.1, 0.15) is 18.2 Å². The smallest absolute Gasteiger partial charge is 0.248 e. The Morgan fingerprint density at radius 1 is 1.21 bits per heavy atom. The van der Waals surface area contributed by atoms with E-state index in [1.807, 2.05) is 31.2 Å². The van der Waals surface area contributed by atoms with Gasteiger partial charge in [-0.25, -0.2) is 4.39 Å². The number of ether oxygens (including phenoxy) is 1. The van der Waals surface area contributed by atoms with Gasteiger partial charge < -0.3 is 10.5 Å². The molecule has 0 spiro atoms. The molecule has 19 heavy (non-hydrogen) atoms. The first-order valence-corrected chi connectivity index (χ1v) is 5.84. The third-order valence-electron chi connectivity index (χ3n) is 2.75. The number of benzene rings is 2. The number of halogens is 1. The number of carbonyl (C=O) groups excluding carboxylic acids is 1. The summed E-state index contributed by atoms with van der Waals surface area (Å²) in [5.41, 5.74) is 6.84. The molecule has 0 fully saturated rings. The Hall–Kier alpha value is -2.36. The van der Waals surface area contributed by atoms with Gasteiger partial charge in [0.2, 0.25) is 5.91 Å². The van der Waals surface area contributed by atoms with Crippen molar-refractivity contribution in [1.82, 2.24) is 0 Å². The molecule has 0 bridgehead atoms. The second kappa shape index (κ2) is 5.52. The maximum atomic E-state index is 13.6. The lowest BCUT2D eigenvalue weighted by atomic mass is 10.1. The van der Waals surface area contributed by atoms with Crippen molar-refractivity contribution in [2.24, 2.45) is 5.73 Å². The standard InChI is InChI=1S/C15H14FNO2/c1-10-2-5-13(6-3-10)19-9-12-8-11(15(17)18)4-7-14(12)16/h2-8H,9H2,1H3,(H2,17,18). The number of nitrogens with two attached hydrogens (primary N) is 1. The van der Waals surface area contributed by atoms with Gasteiger partial charge in [0.25, 0.3) is 0 Å². The highest BCUT2D eigenvalue weighted by Crippen LogP contribution is 2.16. The Kier molecular flexibility index (Phi) is 3.80. The molecular weight excluding hydrogens is 245 g/mol. The summed E-state index contributed by atoms with van der Waals surface area (Å²) in [6.07, 6.45) is 0. The van der Waals surface area contributed by atoms with Crippen LogP contribution in [0, 0.1) is 12.7 Å². The molecule has 98 valence electrons. The van der Waals surface area contributed by atoms with E-state index in [4.69, 9.17) is 10.5 Å². The van der Waals surface area contributed by atoms with Crippen LogP contribution in [0.2, 0.25) is 0 Å². The van der Waals surface area contributed by atoms with E-state index in [-0.39, 0.29) is 12.2 Å². The first kappa shape index (κ1) is 13.1. The Morgan fingerprint density at radius 3 is 2.53 bits per heavy atom. The van der Waals surface area contributed by atoms with Crippen LogP contribution in [0.5, 0.6) is 5.75 Å². The topological polar surface area (TPSA) is 52.3 Å². The predicted octanol–water partition coefficient (Wildman–Crippen LogP) is 2.81. The normalized spacial score (nSPS) is 10.2. The number of hydrogen-bond donors (Lipinski definition) is 1. The summed E-state index contributed by atoms with van der Waals surface area (Å²) < 4.78 is 19.0. The molecule has 0 atom stereocenters. The summed E-state index contributed by atoms with van der Waals surface area (Å²) in [4.78, 5) is 11.0. The van der Waals surface area contributed by atoms with Crippen LogP contribution < -0.4 is 10.5 Å². The lowest BCUT2D eigenvalue weighted by molar-refractivity contribution is 0.1000. The third-order valence-corrected chi connectivity index (χ3v) is 2.75. The number of primary amides is 1. The second-order valence-corrected chi connectivity index (χ2v) is 4.27. The van der Waals surface area contributed by atoms with Gasteiger partial charge in [0, 0.05) is 11.1 Å². The average molecular weight is 259 g/mol. The Morgan fingerprint density at radius 2 is 1.89 bits per heavy atom. The molecule has 0 unspecified atom stereocenters. The van der Waals surface area contributed by atoms with Crippen molar-refractivity contribution < 1.29 is 13.9 Å². The number of rotatable bonds is 4. The van der Waals surface area contributed by atoms with E-state index in [1.165, 1.54) is 18.2 Å². The highest BCUT2D eigenvalue weighted by atomic mass is 19.1. The van der Waals surface area contributed by atoms with Gasteiger partial charge in [0.15, 0.2) is 0 Å². The minimum absolute atomic E-state index is 0.0516. The molecule has 2 rings (SSSR count). The molecule has 2 aromatic rings. The van der Waals surface area contributed by atoms with Gasteiger partial charge >= 0.3 is 0 Å². The van der Waals surface area contributed by atoms with Gasteiger partial charge in [-0.1, -0.05) is 17.7 Å². The van der Waals surface area contributed by atoms with E-state index in [1.54, 1.807) is 0 Å². The van der Waals surface area contributed by atoms with Gasteiger partial charge in [-0.3, -0.25) is 4.79 Å². The Balaban J connectivity index is 2.12. The van der Waals surface area contributed by atoms with Gasteiger partial charge in [-0.05, 0) is 37.3 Å². The predicted molar refractivity (Wildman–Crippen MR) is 70.4 cm³/mol. The van der Waals surface area contributed by atoms with Crippen molar-refractivity contribution in [3.8, 4) is 5.75 Å². The number of carbonyl (C=O) groups is 1. The molecule has 0 radical (unpaired) electrons. The van der Waals surface area contributed by atoms with Crippen LogP contribution in [-0.2, 0) is 6.61 Å². The van der Waals surface area contributed by atoms with Crippen LogP contribution in [0.25, 0.3) is 0 Å². The third kappa shape index (κ3) is 3.31. The molecule has 0 aliphatic rings. The van der Waals surface area contributed by atoms with Gasteiger partial charge in [-0.2, -0.15) is 0 Å². The maximum absolute atomic E-state index is 13.6. The van der Waals surface area contributed by atoms with Crippen molar-refractivity contribution in [2.75, 3.05) is 0 Å². The SMILES string of the molecule is Cc1ccc(OCc2cc(C(N)=O)ccc2F)cc1. The molecule has 3 nitrogen and oxygen atoms in total. The summed E-state index contributed by atoms with van der Waals surface area (Å²) in [6.45, 7) is 2.02. The van der Waals surface area contributed by atoms with Crippen molar-refractivity contribution in [2.45, 2.75) is 13.5 Å². The fourth-order valence-corrected chi connectivity index (χ4v) is 1.63. The van der Waals surface area contributed by atoms with E-state index < -0.39 is 11.7 Å². The van der Waals surface area contributed by atoms with Gasteiger partial charge in [0.05, 0.1) is 0 Å². The molecule has 0 aliphatic carbocycles. The molecule has 4 heteroatoms. The zero-order valence-electron chi connectivity index (χ0n) is 10.5. The first-order valence-electron chi connectivity index (χ1n) is 5.84. The molecule has 2 aromatic carbocycles. The fourth-order valence-electron chi connectivity index (χ4n) is 1.63. The second-order valence-electron chi connectivity index (χ2n) is 4.27. The quantitative estimate of drug-likeness (QED) is 0.917. The van der Waals surface area contributed by atoms with Gasteiger partial charge in [-0.15, -0.1) is 0 Å². The lowest BCUT2D eigenvalue weighted by Crippen LogP contribution is -2.12. The summed E-state index contributed by atoms with van der Waals surface area (Å²) in [6, 6.07) is 11.4. The maximum Gasteiger partial charge on any atom is 0.248 e. The first-order chi connectivity index (χ1) is 9.06. The fraction of sp³-hybridized carbons (Fsp3) is 0.133. The highest BCUT2D eigenvalue weighted by Gasteiger charge is 2.07. The van der Waals surface area contributed by atoms with Crippen molar-refractivity contribution >= 4 is 5.91 Å². The van der Waals surface area contributed by atoms with Crippen LogP contribution in [-0.4, -0.2) is 5.91 Å². The van der Waals surface area contributed by atoms with E-state index in [9.17, 15) is 9.18 Å². The molecule has 1 amide bonds. The largest absolute Gasteiger partial charge is 0.489 e. The van der Waals surface area contributed by atoms with E-state index in [2.05, 4.69) is 0 Å². The number of aryl methyl sites for hydroxylation is 1. The molecule has 0 aliphatic heterocycles. The molecule has 0 saturated carbocycles. The van der Waals surface area contributed by atoms with Crippen LogP contribution in [0.1, 0.15) is 21.5 Å². The van der Waals surface area contributed by atoms with Crippen LogP contribution in [0.15, 0.2) is 42.5 Å². The van der Waals surface area contributed by atoms with Crippen LogP contribution in [0.4, 0.5) is 4.39 Å². The molecule has 0 saturated heterocycles. The van der Waals surface area contributed by atoms with Crippen molar-refractivity contribution in [1.29, 1.82) is 0 Å². The van der Waals surface area contributed by atoms with Crippen LogP contribution >= 0.6 is 0 Å². The summed E-state index contributed by atoms with van der Waals surface area (Å²) >= 11 is 0. The number of hydrogen-bond acceptors (Lipinski definition) is 2. The summed E-state index contributed by atoms with van der Waals surface area (Å²) in [5, 5.41) is 0.